The minimum absolute atomic E-state index is 0. The molecule has 376 valence electrons. The van der Waals surface area contributed by atoms with Crippen LogP contribution >= 0.6 is 0 Å². The van der Waals surface area contributed by atoms with Crippen molar-refractivity contribution < 1.29 is 16.5 Å². The summed E-state index contributed by atoms with van der Waals surface area (Å²) in [5.41, 5.74) is 7.92. The van der Waals surface area contributed by atoms with Crippen molar-refractivity contribution in [2.45, 2.75) is 291 Å². The predicted molar refractivity (Wildman–Crippen MR) is 294 cm³/mol. The van der Waals surface area contributed by atoms with Crippen LogP contribution in [0.5, 0.6) is 0 Å². The fourth-order valence-corrected chi connectivity index (χ4v) is 9.22. The van der Waals surface area contributed by atoms with Crippen LogP contribution in [-0.4, -0.2) is 11.4 Å². The van der Waals surface area contributed by atoms with Gasteiger partial charge in [0.05, 0.1) is 17.1 Å². The second kappa shape index (κ2) is 46.3. The Bertz CT molecular complexity index is 1540. The number of benzene rings is 2. The maximum absolute atomic E-state index is 5.32. The number of allylic oxidation sites excluding steroid dienone is 2. The summed E-state index contributed by atoms with van der Waals surface area (Å²) >= 11 is 0. The van der Waals surface area contributed by atoms with Crippen LogP contribution < -0.4 is 0 Å². The average Bonchev–Trinajstić information content (AvgIpc) is 3.31. The van der Waals surface area contributed by atoms with Crippen molar-refractivity contribution in [2.75, 3.05) is 0 Å². The second-order valence-corrected chi connectivity index (χ2v) is 19.7. The maximum Gasteiger partial charge on any atom is 0.139 e. The summed E-state index contributed by atoms with van der Waals surface area (Å²) in [6.45, 7) is 11.4. The molecule has 3 heteroatoms. The number of hydrogen-bond donors (Lipinski definition) is 0. The monoisotopic (exact) mass is 947 g/mol. The first-order valence-corrected chi connectivity index (χ1v) is 28.7. The molecule has 0 bridgehead atoms. The van der Waals surface area contributed by atoms with Crippen LogP contribution in [-0.2, 0) is 35.8 Å². The Labute approximate surface area is 421 Å². The molecule has 0 aliphatic rings. The molecule has 0 heterocycles. The standard InChI is InChI=1S/C63H104N2.Ni/c1-6-11-13-15-17-19-21-23-25-27-28-30-32-34-36-38-40-42-44-49-63(65-61-55-52-58(46-9-4)59(56-61)47-10-5)62(64-60-53-50-57(45-8-3)51-54-60)48-43-41-39-37-35-33-31-29-26-24-22-20-18-16-14-12-7-2;/h43,48,50-56H,6-42,45-47H2,1-5H3;/b48-43+,64-62+,65-63+;. The second-order valence-electron chi connectivity index (χ2n) is 19.7. The van der Waals surface area contributed by atoms with Gasteiger partial charge in [-0.15, -0.1) is 0 Å². The van der Waals surface area contributed by atoms with Gasteiger partial charge in [0.2, 0.25) is 0 Å². The van der Waals surface area contributed by atoms with Gasteiger partial charge in [0.25, 0.3) is 0 Å². The number of unbranched alkanes of at least 4 members (excludes halogenated alkanes) is 32. The Balaban J connectivity index is 0.0000218. The molecular formula is C63H104N2Ni. The molecule has 0 amide bonds. The van der Waals surface area contributed by atoms with E-state index in [4.69, 9.17) is 9.98 Å². The molecule has 0 N–H and O–H groups in total. The molecule has 0 spiro atoms. The number of nitrogens with zero attached hydrogens (tertiary/aromatic N) is 2. The van der Waals surface area contributed by atoms with Crippen molar-refractivity contribution in [3.8, 4) is 11.8 Å². The third-order valence-corrected chi connectivity index (χ3v) is 13.3. The summed E-state index contributed by atoms with van der Waals surface area (Å²) in [4.78, 5) is 10.6. The quantitative estimate of drug-likeness (QED) is 0.0274. The normalized spacial score (nSPS) is 11.9. The average molecular weight is 948 g/mol. The molecule has 0 aliphatic heterocycles. The molecule has 2 nitrogen and oxygen atoms in total. The molecule has 2 aromatic rings. The summed E-state index contributed by atoms with van der Waals surface area (Å²) in [5, 5.41) is 0. The Morgan fingerprint density at radius 2 is 0.818 bits per heavy atom. The Morgan fingerprint density at radius 1 is 0.409 bits per heavy atom. The van der Waals surface area contributed by atoms with Gasteiger partial charge in [0, 0.05) is 22.9 Å². The molecule has 0 fully saturated rings. The Hall–Kier alpha value is -2.43. The molecule has 66 heavy (non-hydrogen) atoms. The fraction of sp³-hybridized carbons (Fsp3) is 0.714. The first kappa shape index (κ1) is 61.6. The minimum atomic E-state index is 0. The van der Waals surface area contributed by atoms with Crippen LogP contribution in [0.1, 0.15) is 289 Å². The van der Waals surface area contributed by atoms with Crippen LogP contribution in [0, 0.1) is 11.8 Å². The van der Waals surface area contributed by atoms with E-state index in [-0.39, 0.29) is 16.5 Å². The predicted octanol–water partition coefficient (Wildman–Crippen LogP) is 21.2. The SMILES string of the molecule is CCCCCCCCCCCCCCCCC/C=C/C(=N\c1ccc(CCC)cc1)C(/C#CCCCCCCCCCCCCCCCCCCC)=N/c1ccc(CCC)c(CCC)c1.[Ni]. The summed E-state index contributed by atoms with van der Waals surface area (Å²) in [6.07, 6.45) is 57.9. The van der Waals surface area contributed by atoms with Gasteiger partial charge in [-0.1, -0.05) is 277 Å². The zero-order chi connectivity index (χ0) is 46.5. The molecule has 0 unspecified atom stereocenters. The van der Waals surface area contributed by atoms with E-state index in [1.165, 1.54) is 216 Å². The van der Waals surface area contributed by atoms with Crippen LogP contribution in [0.4, 0.5) is 11.4 Å². The van der Waals surface area contributed by atoms with E-state index in [0.717, 1.165) is 80.6 Å². The van der Waals surface area contributed by atoms with Crippen molar-refractivity contribution in [3.63, 3.8) is 0 Å². The topological polar surface area (TPSA) is 24.7 Å². The summed E-state index contributed by atoms with van der Waals surface area (Å²) in [5.74, 6) is 7.18. The van der Waals surface area contributed by atoms with Crippen LogP contribution in [0.15, 0.2) is 64.6 Å². The van der Waals surface area contributed by atoms with Crippen molar-refractivity contribution in [1.82, 2.24) is 0 Å². The van der Waals surface area contributed by atoms with Gasteiger partial charge in [0.1, 0.15) is 5.71 Å². The van der Waals surface area contributed by atoms with Gasteiger partial charge in [-0.05, 0) is 91.5 Å². The zero-order valence-corrected chi connectivity index (χ0v) is 45.2. The smallest absolute Gasteiger partial charge is 0.139 e. The van der Waals surface area contributed by atoms with Gasteiger partial charge >= 0.3 is 0 Å². The van der Waals surface area contributed by atoms with E-state index in [9.17, 15) is 0 Å². The zero-order valence-electron chi connectivity index (χ0n) is 44.2. The molecule has 0 aliphatic carbocycles. The Kier molecular flexibility index (Phi) is 43.2. The van der Waals surface area contributed by atoms with E-state index in [1.54, 1.807) is 0 Å². The van der Waals surface area contributed by atoms with E-state index >= 15 is 0 Å². The largest absolute Gasteiger partial charge is 0.246 e. The van der Waals surface area contributed by atoms with Gasteiger partial charge in [-0.2, -0.15) is 0 Å². The number of rotatable bonds is 43. The third kappa shape index (κ3) is 34.0. The van der Waals surface area contributed by atoms with Crippen molar-refractivity contribution in [1.29, 1.82) is 0 Å². The molecule has 2 aromatic carbocycles. The van der Waals surface area contributed by atoms with Crippen LogP contribution in [0.3, 0.4) is 0 Å². The third-order valence-electron chi connectivity index (χ3n) is 13.3. The molecule has 0 saturated heterocycles. The maximum atomic E-state index is 5.32. The molecule has 0 aromatic heterocycles. The molecule has 2 rings (SSSR count). The van der Waals surface area contributed by atoms with E-state index in [0.29, 0.717) is 0 Å². The van der Waals surface area contributed by atoms with Gasteiger partial charge < -0.3 is 0 Å². The van der Waals surface area contributed by atoms with Crippen LogP contribution in [0.25, 0.3) is 0 Å². The fourth-order valence-electron chi connectivity index (χ4n) is 9.22. The van der Waals surface area contributed by atoms with E-state index in [1.807, 2.05) is 0 Å². The van der Waals surface area contributed by atoms with E-state index in [2.05, 4.69) is 101 Å². The van der Waals surface area contributed by atoms with Crippen molar-refractivity contribution in [2.24, 2.45) is 9.98 Å². The molecule has 0 atom stereocenters. The first-order chi connectivity index (χ1) is 32.1. The molecule has 0 radical (unpaired) electrons. The number of hydrogen-bond acceptors (Lipinski definition) is 2. The van der Waals surface area contributed by atoms with Crippen LogP contribution in [0.2, 0.25) is 0 Å². The van der Waals surface area contributed by atoms with E-state index < -0.39 is 0 Å². The number of aliphatic imine (C=N–C) groups is 2. The molecular weight excluding hydrogens is 843 g/mol. The minimum Gasteiger partial charge on any atom is -0.246 e. The van der Waals surface area contributed by atoms with Gasteiger partial charge in [-0.3, -0.25) is 0 Å². The molecule has 0 saturated carbocycles. The Morgan fingerprint density at radius 3 is 1.27 bits per heavy atom. The van der Waals surface area contributed by atoms with Gasteiger partial charge in [-0.25, -0.2) is 9.98 Å². The summed E-state index contributed by atoms with van der Waals surface area (Å²) in [7, 11) is 0. The van der Waals surface area contributed by atoms with Crippen molar-refractivity contribution in [3.05, 3.63) is 71.3 Å². The van der Waals surface area contributed by atoms with Gasteiger partial charge in [0.15, 0.2) is 0 Å². The first-order valence-electron chi connectivity index (χ1n) is 28.7. The van der Waals surface area contributed by atoms with Crippen molar-refractivity contribution >= 4 is 22.8 Å². The summed E-state index contributed by atoms with van der Waals surface area (Å²) < 4.78 is 0. The number of aryl methyl sites for hydroxylation is 3. The summed E-state index contributed by atoms with van der Waals surface area (Å²) in [6, 6.07) is 15.7.